The number of anilines is 1. The highest BCUT2D eigenvalue weighted by Gasteiger charge is 2.22. The third-order valence-electron chi connectivity index (χ3n) is 3.61. The Kier molecular flexibility index (Phi) is 6.43. The van der Waals surface area contributed by atoms with Gasteiger partial charge in [-0.15, -0.1) is 0 Å². The molecule has 2 aromatic rings. The molecule has 0 fully saturated rings. The lowest BCUT2D eigenvalue weighted by atomic mass is 10.1. The third-order valence-corrected chi connectivity index (χ3v) is 3.61. The Balaban J connectivity index is 2.25. The Bertz CT molecular complexity index is 775. The molecule has 1 atom stereocenters. The van der Waals surface area contributed by atoms with Crippen molar-refractivity contribution in [1.29, 1.82) is 0 Å². The first kappa shape index (κ1) is 19.1. The molecule has 0 aliphatic carbocycles. The molecule has 1 N–H and O–H groups in total. The van der Waals surface area contributed by atoms with Gasteiger partial charge in [0.1, 0.15) is 5.75 Å². The maximum absolute atomic E-state index is 12.5. The fourth-order valence-electron chi connectivity index (χ4n) is 2.25. The van der Waals surface area contributed by atoms with Crippen LogP contribution in [0.3, 0.4) is 0 Å². The van der Waals surface area contributed by atoms with E-state index in [1.165, 1.54) is 33.5 Å². The second kappa shape index (κ2) is 8.75. The minimum atomic E-state index is -0.781. The lowest BCUT2D eigenvalue weighted by Crippen LogP contribution is -2.30. The van der Waals surface area contributed by atoms with Gasteiger partial charge in [-0.25, -0.2) is 4.79 Å². The fourth-order valence-corrected chi connectivity index (χ4v) is 2.25. The van der Waals surface area contributed by atoms with E-state index < -0.39 is 18.0 Å². The van der Waals surface area contributed by atoms with Gasteiger partial charge in [0, 0.05) is 12.1 Å². The topological polar surface area (TPSA) is 83.1 Å². The molecule has 0 bridgehead atoms. The maximum atomic E-state index is 12.5. The molecule has 0 saturated carbocycles. The first-order chi connectivity index (χ1) is 12.5. The van der Waals surface area contributed by atoms with Crippen molar-refractivity contribution in [2.24, 2.45) is 0 Å². The third kappa shape index (κ3) is 4.44. The minimum absolute atomic E-state index is 0.144. The molecule has 0 heterocycles. The van der Waals surface area contributed by atoms with Crippen molar-refractivity contribution in [3.05, 3.63) is 48.0 Å². The molecule has 0 spiro atoms. The summed E-state index contributed by atoms with van der Waals surface area (Å²) in [5.41, 5.74) is 0.383. The number of para-hydroxylation sites is 1. The molecule has 2 rings (SSSR count). The van der Waals surface area contributed by atoms with Gasteiger partial charge in [0.05, 0.1) is 32.6 Å². The highest BCUT2D eigenvalue weighted by Crippen LogP contribution is 2.34. The van der Waals surface area contributed by atoms with Crippen molar-refractivity contribution in [3.63, 3.8) is 0 Å². The van der Waals surface area contributed by atoms with Crippen LogP contribution in [0.2, 0.25) is 0 Å². The molecular formula is C19H21NO6. The summed E-state index contributed by atoms with van der Waals surface area (Å²) in [6, 6.07) is 11.9. The first-order valence-corrected chi connectivity index (χ1v) is 7.87. The Labute approximate surface area is 151 Å². The number of hydrogen-bond donors (Lipinski definition) is 1. The van der Waals surface area contributed by atoms with Gasteiger partial charge in [0.25, 0.3) is 5.91 Å². The lowest BCUT2D eigenvalue weighted by molar-refractivity contribution is -0.122. The Morgan fingerprint density at radius 3 is 2.15 bits per heavy atom. The molecule has 0 aliphatic heterocycles. The predicted octanol–water partition coefficient (Wildman–Crippen LogP) is 2.90. The van der Waals surface area contributed by atoms with Crippen LogP contribution >= 0.6 is 0 Å². The highest BCUT2D eigenvalue weighted by atomic mass is 16.5. The quantitative estimate of drug-likeness (QED) is 0.766. The van der Waals surface area contributed by atoms with Crippen LogP contribution in [0.15, 0.2) is 42.5 Å². The molecule has 0 saturated heterocycles. The van der Waals surface area contributed by atoms with Crippen LogP contribution in [0, 0.1) is 0 Å². The molecule has 26 heavy (non-hydrogen) atoms. The SMILES string of the molecule is COC(=O)c1cc(OC)c(OC)cc1NC(=O)[C@H](C)Oc1ccccc1. The van der Waals surface area contributed by atoms with Gasteiger partial charge in [-0.3, -0.25) is 4.79 Å². The molecule has 1 amide bonds. The number of nitrogens with one attached hydrogen (secondary N) is 1. The summed E-state index contributed by atoms with van der Waals surface area (Å²) in [5.74, 6) is 0.242. The van der Waals surface area contributed by atoms with Crippen molar-refractivity contribution < 1.29 is 28.5 Å². The lowest BCUT2D eigenvalue weighted by Gasteiger charge is -2.17. The average Bonchev–Trinajstić information content (AvgIpc) is 2.67. The van der Waals surface area contributed by atoms with Crippen molar-refractivity contribution in [1.82, 2.24) is 0 Å². The Morgan fingerprint density at radius 1 is 0.962 bits per heavy atom. The number of esters is 1. The van der Waals surface area contributed by atoms with E-state index in [1.807, 2.05) is 18.2 Å². The number of amides is 1. The summed E-state index contributed by atoms with van der Waals surface area (Å²) in [6.07, 6.45) is -0.781. The summed E-state index contributed by atoms with van der Waals surface area (Å²) in [6.45, 7) is 1.61. The fraction of sp³-hybridized carbons (Fsp3) is 0.263. The van der Waals surface area contributed by atoms with Crippen LogP contribution in [0.25, 0.3) is 0 Å². The predicted molar refractivity (Wildman–Crippen MR) is 96.0 cm³/mol. The number of carbonyl (C=O) groups excluding carboxylic acids is 2. The number of hydrogen-bond acceptors (Lipinski definition) is 6. The van der Waals surface area contributed by atoms with E-state index >= 15 is 0 Å². The van der Waals surface area contributed by atoms with E-state index in [4.69, 9.17) is 18.9 Å². The zero-order valence-electron chi connectivity index (χ0n) is 15.1. The molecule has 0 unspecified atom stereocenters. The standard InChI is InChI=1S/C19H21NO6/c1-12(26-13-8-6-5-7-9-13)18(21)20-15-11-17(24-3)16(23-2)10-14(15)19(22)25-4/h5-12H,1-4H3,(H,20,21)/t12-/m0/s1. The van der Waals surface area contributed by atoms with E-state index in [9.17, 15) is 9.59 Å². The number of benzene rings is 2. The smallest absolute Gasteiger partial charge is 0.340 e. The van der Waals surface area contributed by atoms with Crippen LogP contribution in [-0.4, -0.2) is 39.3 Å². The van der Waals surface area contributed by atoms with Crippen molar-refractivity contribution in [2.45, 2.75) is 13.0 Å². The minimum Gasteiger partial charge on any atom is -0.493 e. The zero-order chi connectivity index (χ0) is 19.1. The molecule has 0 radical (unpaired) electrons. The molecule has 2 aromatic carbocycles. The molecule has 138 valence electrons. The van der Waals surface area contributed by atoms with Gasteiger partial charge in [-0.1, -0.05) is 18.2 Å². The van der Waals surface area contributed by atoms with Crippen LogP contribution in [0.4, 0.5) is 5.69 Å². The maximum Gasteiger partial charge on any atom is 0.340 e. The van der Waals surface area contributed by atoms with Crippen LogP contribution in [0.1, 0.15) is 17.3 Å². The second-order valence-electron chi connectivity index (χ2n) is 5.31. The number of carbonyl (C=O) groups is 2. The Hall–Kier alpha value is -3.22. The van der Waals surface area contributed by atoms with E-state index in [-0.39, 0.29) is 11.3 Å². The Morgan fingerprint density at radius 2 is 1.58 bits per heavy atom. The van der Waals surface area contributed by atoms with E-state index in [2.05, 4.69) is 5.32 Å². The molecule has 7 heteroatoms. The van der Waals surface area contributed by atoms with Crippen molar-refractivity contribution in [2.75, 3.05) is 26.6 Å². The number of ether oxygens (including phenoxy) is 4. The van der Waals surface area contributed by atoms with E-state index in [1.54, 1.807) is 19.1 Å². The van der Waals surface area contributed by atoms with Crippen LogP contribution in [0.5, 0.6) is 17.2 Å². The van der Waals surface area contributed by atoms with Gasteiger partial charge in [0.2, 0.25) is 0 Å². The molecule has 0 aliphatic rings. The molecular weight excluding hydrogens is 338 g/mol. The van der Waals surface area contributed by atoms with Crippen LogP contribution < -0.4 is 19.5 Å². The van der Waals surface area contributed by atoms with Gasteiger partial charge >= 0.3 is 5.97 Å². The van der Waals surface area contributed by atoms with Crippen molar-refractivity contribution in [3.8, 4) is 17.2 Å². The summed E-state index contributed by atoms with van der Waals surface area (Å²) in [7, 11) is 4.17. The van der Waals surface area contributed by atoms with Gasteiger partial charge in [-0.2, -0.15) is 0 Å². The summed E-state index contributed by atoms with van der Waals surface area (Å²) >= 11 is 0. The average molecular weight is 359 g/mol. The van der Waals surface area contributed by atoms with Gasteiger partial charge in [0.15, 0.2) is 17.6 Å². The molecule has 0 aromatic heterocycles. The summed E-state index contributed by atoms with van der Waals surface area (Å²) in [5, 5.41) is 2.67. The van der Waals surface area contributed by atoms with Crippen LogP contribution in [-0.2, 0) is 9.53 Å². The zero-order valence-corrected chi connectivity index (χ0v) is 15.1. The largest absolute Gasteiger partial charge is 0.493 e. The van der Waals surface area contributed by atoms with E-state index in [0.29, 0.717) is 17.2 Å². The normalized spacial score (nSPS) is 11.2. The summed E-state index contributed by atoms with van der Waals surface area (Å²) in [4.78, 5) is 24.5. The second-order valence-corrected chi connectivity index (χ2v) is 5.31. The van der Waals surface area contributed by atoms with Crippen molar-refractivity contribution >= 4 is 17.6 Å². The number of methoxy groups -OCH3 is 3. The van der Waals surface area contributed by atoms with Gasteiger partial charge in [-0.05, 0) is 19.1 Å². The monoisotopic (exact) mass is 359 g/mol. The first-order valence-electron chi connectivity index (χ1n) is 7.87. The molecule has 7 nitrogen and oxygen atoms in total. The highest BCUT2D eigenvalue weighted by molar-refractivity contribution is 6.03. The summed E-state index contributed by atoms with van der Waals surface area (Å²) < 4.78 is 20.8. The number of rotatable bonds is 7. The van der Waals surface area contributed by atoms with Gasteiger partial charge < -0.3 is 24.3 Å². The van der Waals surface area contributed by atoms with E-state index in [0.717, 1.165) is 0 Å².